The zero-order valence-electron chi connectivity index (χ0n) is 12.4. The maximum Gasteiger partial charge on any atom is 0.138 e. The van der Waals surface area contributed by atoms with Crippen molar-refractivity contribution in [3.05, 3.63) is 61.1 Å². The number of hydrogen-bond acceptors (Lipinski definition) is 6. The molecular formula is C16H17N3O4. The molecule has 120 valence electrons. The molecule has 7 nitrogen and oxygen atoms in total. The molecule has 0 radical (unpaired) electrons. The van der Waals surface area contributed by atoms with Gasteiger partial charge < -0.3 is 19.0 Å². The van der Waals surface area contributed by atoms with Gasteiger partial charge in [0.25, 0.3) is 0 Å². The quantitative estimate of drug-likeness (QED) is 0.683. The minimum atomic E-state index is -0.708. The normalized spacial score (nSPS) is 12.2. The van der Waals surface area contributed by atoms with Crippen molar-refractivity contribution >= 4 is 0 Å². The zero-order chi connectivity index (χ0) is 15.9. The van der Waals surface area contributed by atoms with E-state index >= 15 is 0 Å². The summed E-state index contributed by atoms with van der Waals surface area (Å²) in [6, 6.07) is 11.0. The monoisotopic (exact) mass is 315 g/mol. The van der Waals surface area contributed by atoms with Crippen molar-refractivity contribution < 1.29 is 19.0 Å². The summed E-state index contributed by atoms with van der Waals surface area (Å²) >= 11 is 0. The first-order valence-corrected chi connectivity index (χ1v) is 7.17. The minimum Gasteiger partial charge on any atom is -0.491 e. The molecule has 23 heavy (non-hydrogen) atoms. The van der Waals surface area contributed by atoms with Crippen LogP contribution in [0.25, 0.3) is 5.69 Å². The molecule has 0 aliphatic carbocycles. The van der Waals surface area contributed by atoms with Gasteiger partial charge in [-0.3, -0.25) is 0 Å². The average molecular weight is 315 g/mol. The molecule has 2 heterocycles. The van der Waals surface area contributed by atoms with Crippen LogP contribution in [-0.2, 0) is 11.3 Å². The van der Waals surface area contributed by atoms with E-state index in [1.807, 2.05) is 30.3 Å². The molecule has 3 rings (SSSR count). The Labute approximate surface area is 133 Å². The van der Waals surface area contributed by atoms with E-state index in [0.29, 0.717) is 12.4 Å². The number of hydrogen-bond donors (Lipinski definition) is 1. The second-order valence-electron chi connectivity index (χ2n) is 4.89. The number of benzene rings is 1. The van der Waals surface area contributed by atoms with Crippen LogP contribution in [0.4, 0.5) is 0 Å². The standard InChI is InChI=1S/C16H17N3O4/c20-14(8-21-10-16-2-1-7-22-16)9-23-15-5-3-13(4-6-15)19-12-17-11-18-19/h1-7,11-12,14,20H,8-10H2. The molecule has 3 aromatic rings. The molecule has 1 N–H and O–H groups in total. The summed E-state index contributed by atoms with van der Waals surface area (Å²) in [7, 11) is 0. The predicted octanol–water partition coefficient (Wildman–Crippen LogP) is 1.82. The topological polar surface area (TPSA) is 82.5 Å². The SMILES string of the molecule is OC(COCc1ccco1)COc1ccc(-n2cncn2)cc1. The molecule has 0 aliphatic rings. The lowest BCUT2D eigenvalue weighted by atomic mass is 10.3. The predicted molar refractivity (Wildman–Crippen MR) is 81.2 cm³/mol. The molecule has 0 aliphatic heterocycles. The summed E-state index contributed by atoms with van der Waals surface area (Å²) in [5.74, 6) is 1.39. The molecule has 0 bridgehead atoms. The van der Waals surface area contributed by atoms with Gasteiger partial charge in [0.15, 0.2) is 0 Å². The zero-order valence-corrected chi connectivity index (χ0v) is 12.4. The van der Waals surface area contributed by atoms with Gasteiger partial charge in [-0.1, -0.05) is 0 Å². The Hall–Kier alpha value is -2.64. The highest BCUT2D eigenvalue weighted by Gasteiger charge is 2.07. The van der Waals surface area contributed by atoms with Gasteiger partial charge >= 0.3 is 0 Å². The number of ether oxygens (including phenoxy) is 2. The Kier molecular flexibility index (Phi) is 5.02. The number of aliphatic hydroxyl groups excluding tert-OH is 1. The van der Waals surface area contributed by atoms with Gasteiger partial charge in [-0.2, -0.15) is 5.10 Å². The average Bonchev–Trinajstić information content (AvgIpc) is 3.27. The van der Waals surface area contributed by atoms with E-state index in [1.165, 1.54) is 6.33 Å². The number of nitrogens with zero attached hydrogens (tertiary/aromatic N) is 3. The van der Waals surface area contributed by atoms with E-state index in [4.69, 9.17) is 13.9 Å². The van der Waals surface area contributed by atoms with Gasteiger partial charge in [-0.25, -0.2) is 9.67 Å². The number of aromatic nitrogens is 3. The highest BCUT2D eigenvalue weighted by Crippen LogP contribution is 2.14. The molecule has 0 fully saturated rings. The van der Waals surface area contributed by atoms with E-state index in [2.05, 4.69) is 10.1 Å². The van der Waals surface area contributed by atoms with E-state index < -0.39 is 6.10 Å². The van der Waals surface area contributed by atoms with Crippen LogP contribution in [0.2, 0.25) is 0 Å². The first-order valence-electron chi connectivity index (χ1n) is 7.17. The minimum absolute atomic E-state index is 0.154. The Morgan fingerprint density at radius 3 is 2.74 bits per heavy atom. The van der Waals surface area contributed by atoms with Crippen molar-refractivity contribution in [2.75, 3.05) is 13.2 Å². The molecule has 0 amide bonds. The lowest BCUT2D eigenvalue weighted by Gasteiger charge is -2.12. The third-order valence-corrected chi connectivity index (χ3v) is 3.10. The molecule has 0 saturated carbocycles. The van der Waals surface area contributed by atoms with Crippen LogP contribution in [-0.4, -0.2) is 39.2 Å². The molecule has 1 aromatic carbocycles. The van der Waals surface area contributed by atoms with Crippen LogP contribution in [0.15, 0.2) is 59.7 Å². The molecule has 2 aromatic heterocycles. The van der Waals surface area contributed by atoms with Gasteiger partial charge in [-0.15, -0.1) is 0 Å². The molecule has 0 saturated heterocycles. The van der Waals surface area contributed by atoms with Crippen molar-refractivity contribution in [2.45, 2.75) is 12.7 Å². The second kappa shape index (κ2) is 7.57. The summed E-state index contributed by atoms with van der Waals surface area (Å²) in [6.07, 6.45) is 3.97. The maximum atomic E-state index is 9.84. The van der Waals surface area contributed by atoms with Crippen LogP contribution < -0.4 is 4.74 Å². The van der Waals surface area contributed by atoms with E-state index in [-0.39, 0.29) is 13.2 Å². The lowest BCUT2D eigenvalue weighted by molar-refractivity contribution is 0.000879. The Bertz CT molecular complexity index is 681. The van der Waals surface area contributed by atoms with Crippen LogP contribution >= 0.6 is 0 Å². The summed E-state index contributed by atoms with van der Waals surface area (Å²) in [5.41, 5.74) is 0.886. The van der Waals surface area contributed by atoms with Crippen LogP contribution in [0.3, 0.4) is 0 Å². The second-order valence-corrected chi connectivity index (χ2v) is 4.89. The van der Waals surface area contributed by atoms with E-state index in [9.17, 15) is 5.11 Å². The Morgan fingerprint density at radius 2 is 2.04 bits per heavy atom. The van der Waals surface area contributed by atoms with E-state index in [0.717, 1.165) is 11.4 Å². The fourth-order valence-electron chi connectivity index (χ4n) is 1.97. The van der Waals surface area contributed by atoms with Crippen LogP contribution in [0.1, 0.15) is 5.76 Å². The number of aliphatic hydroxyl groups is 1. The number of furan rings is 1. The maximum absolute atomic E-state index is 9.84. The van der Waals surface area contributed by atoms with Crippen LogP contribution in [0, 0.1) is 0 Å². The van der Waals surface area contributed by atoms with Crippen molar-refractivity contribution in [1.29, 1.82) is 0 Å². The smallest absolute Gasteiger partial charge is 0.138 e. The molecule has 1 atom stereocenters. The van der Waals surface area contributed by atoms with Gasteiger partial charge in [0.1, 0.15) is 43.5 Å². The molecule has 7 heteroatoms. The summed E-state index contributed by atoms with van der Waals surface area (Å²) in [6.45, 7) is 0.662. The third-order valence-electron chi connectivity index (χ3n) is 3.10. The highest BCUT2D eigenvalue weighted by atomic mass is 16.5. The molecule has 0 spiro atoms. The van der Waals surface area contributed by atoms with Crippen molar-refractivity contribution in [3.8, 4) is 11.4 Å². The fraction of sp³-hybridized carbons (Fsp3) is 0.250. The van der Waals surface area contributed by atoms with Gasteiger partial charge in [0, 0.05) is 0 Å². The van der Waals surface area contributed by atoms with E-state index in [1.54, 1.807) is 23.3 Å². The summed E-state index contributed by atoms with van der Waals surface area (Å²) < 4.78 is 17.7. The Balaban J connectivity index is 1.41. The number of rotatable bonds is 8. The largest absolute Gasteiger partial charge is 0.491 e. The summed E-state index contributed by atoms with van der Waals surface area (Å²) in [5, 5.41) is 13.9. The first kappa shape index (κ1) is 15.3. The van der Waals surface area contributed by atoms with Gasteiger partial charge in [-0.05, 0) is 36.4 Å². The van der Waals surface area contributed by atoms with Gasteiger partial charge in [0.2, 0.25) is 0 Å². The molecular weight excluding hydrogens is 298 g/mol. The summed E-state index contributed by atoms with van der Waals surface area (Å²) in [4.78, 5) is 3.89. The van der Waals surface area contributed by atoms with Crippen molar-refractivity contribution in [1.82, 2.24) is 14.8 Å². The highest BCUT2D eigenvalue weighted by molar-refractivity contribution is 5.36. The van der Waals surface area contributed by atoms with Crippen molar-refractivity contribution in [3.63, 3.8) is 0 Å². The Morgan fingerprint density at radius 1 is 1.17 bits per heavy atom. The first-order chi connectivity index (χ1) is 11.3. The van der Waals surface area contributed by atoms with Crippen molar-refractivity contribution in [2.24, 2.45) is 0 Å². The third kappa shape index (κ3) is 4.41. The van der Waals surface area contributed by atoms with Crippen LogP contribution in [0.5, 0.6) is 5.75 Å². The fourth-order valence-corrected chi connectivity index (χ4v) is 1.97. The molecule has 1 unspecified atom stereocenters. The van der Waals surface area contributed by atoms with Gasteiger partial charge in [0.05, 0.1) is 18.6 Å². The lowest BCUT2D eigenvalue weighted by Crippen LogP contribution is -2.23.